The lowest BCUT2D eigenvalue weighted by atomic mass is 10.1. The van der Waals surface area contributed by atoms with Gasteiger partial charge in [0.2, 0.25) is 0 Å². The molecule has 0 aromatic heterocycles. The van der Waals surface area contributed by atoms with E-state index in [4.69, 9.17) is 11.7 Å². The Hall–Kier alpha value is -1.31. The van der Waals surface area contributed by atoms with Crippen LogP contribution in [-0.4, -0.2) is 12.9 Å². The first-order valence-electron chi connectivity index (χ1n) is 4.21. The maximum atomic E-state index is 10.2. The van der Waals surface area contributed by atoms with Crippen LogP contribution < -0.4 is 4.74 Å². The molecule has 1 aromatic rings. The second kappa shape index (κ2) is 5.36. The summed E-state index contributed by atoms with van der Waals surface area (Å²) >= 11 is 0. The summed E-state index contributed by atoms with van der Waals surface area (Å²) < 4.78 is 5.34. The van der Waals surface area contributed by atoms with Gasteiger partial charge in [-0.15, -0.1) is 0 Å². The Morgan fingerprint density at radius 3 is 2.69 bits per heavy atom. The second-order valence-electron chi connectivity index (χ2n) is 2.75. The normalized spacial score (nSPS) is 12.1. The van der Waals surface area contributed by atoms with Crippen LogP contribution in [0.3, 0.4) is 0 Å². The number of para-hydroxylation sites is 1. The van der Waals surface area contributed by atoms with Gasteiger partial charge in [0.1, 0.15) is 12.0 Å². The first-order chi connectivity index (χ1) is 6.33. The fraction of sp³-hybridized carbons (Fsp3) is 0.273. The van der Waals surface area contributed by atoms with Crippen molar-refractivity contribution in [3.63, 3.8) is 0 Å². The van der Waals surface area contributed by atoms with Crippen molar-refractivity contribution < 1.29 is 9.53 Å². The molecule has 68 valence electrons. The molecule has 0 fully saturated rings. The number of aldehydes is 1. The van der Waals surface area contributed by atoms with Crippen molar-refractivity contribution in [1.29, 1.82) is 0 Å². The van der Waals surface area contributed by atoms with E-state index in [1.54, 1.807) is 0 Å². The molecule has 0 aliphatic carbocycles. The maximum Gasteiger partial charge on any atom is 0.123 e. The van der Waals surface area contributed by atoms with Crippen LogP contribution in [0.5, 0.6) is 5.75 Å². The Labute approximate surface area is 78.5 Å². The largest absolute Gasteiger partial charge is 0.494 e. The molecule has 0 saturated heterocycles. The van der Waals surface area contributed by atoms with Crippen molar-refractivity contribution in [2.75, 3.05) is 6.61 Å². The predicted octanol–water partition coefficient (Wildman–Crippen LogP) is 1.98. The van der Waals surface area contributed by atoms with Crippen LogP contribution in [0.2, 0.25) is 0 Å². The van der Waals surface area contributed by atoms with Crippen LogP contribution in [0, 0.1) is 12.8 Å². The third-order valence-corrected chi connectivity index (χ3v) is 1.64. The zero-order valence-electron chi connectivity index (χ0n) is 7.35. The van der Waals surface area contributed by atoms with Crippen LogP contribution >= 0.6 is 0 Å². The number of hydrogen-bond donors (Lipinski definition) is 0. The summed E-state index contributed by atoms with van der Waals surface area (Å²) in [5.74, 6) is 0.393. The number of rotatable bonds is 5. The number of ether oxygens (including phenoxy) is 1. The van der Waals surface area contributed by atoms with E-state index in [1.807, 2.05) is 30.3 Å². The molecule has 2 nitrogen and oxygen atoms in total. The van der Waals surface area contributed by atoms with Gasteiger partial charge in [-0.25, -0.2) is 0 Å². The molecule has 13 heavy (non-hydrogen) atoms. The summed E-state index contributed by atoms with van der Waals surface area (Å²) in [4.78, 5) is 10.2. The molecule has 0 saturated carbocycles. The van der Waals surface area contributed by atoms with Gasteiger partial charge in [-0.05, 0) is 25.5 Å². The van der Waals surface area contributed by atoms with E-state index in [0.29, 0.717) is 13.0 Å². The first-order valence-corrected chi connectivity index (χ1v) is 4.21. The topological polar surface area (TPSA) is 26.3 Å². The van der Waals surface area contributed by atoms with Gasteiger partial charge in [0.15, 0.2) is 0 Å². The number of hydrogen-bond acceptors (Lipinski definition) is 2. The lowest BCUT2D eigenvalue weighted by Crippen LogP contribution is -2.04. The molecule has 0 unspecified atom stereocenters. The molecule has 1 rings (SSSR count). The summed E-state index contributed by atoms with van der Waals surface area (Å²) in [7, 11) is 0. The maximum absolute atomic E-state index is 10.2. The van der Waals surface area contributed by atoms with Crippen molar-refractivity contribution in [3.05, 3.63) is 37.3 Å². The molecule has 1 aromatic carbocycles. The summed E-state index contributed by atoms with van der Waals surface area (Å²) in [5, 5.41) is 0. The number of carbonyl (C=O) groups is 1. The molecule has 0 spiro atoms. The van der Waals surface area contributed by atoms with Crippen molar-refractivity contribution in [2.45, 2.75) is 6.42 Å². The third-order valence-electron chi connectivity index (χ3n) is 1.64. The molecule has 0 N–H and O–H groups in total. The van der Waals surface area contributed by atoms with E-state index in [-0.39, 0.29) is 0 Å². The molecule has 0 bridgehead atoms. The third kappa shape index (κ3) is 3.74. The Balaban J connectivity index is 2.24. The Bertz CT molecular complexity index is 244. The van der Waals surface area contributed by atoms with Crippen molar-refractivity contribution in [2.24, 2.45) is 5.92 Å². The molecular formula is C11H12O2. The quantitative estimate of drug-likeness (QED) is 0.641. The van der Waals surface area contributed by atoms with Crippen LogP contribution in [0.25, 0.3) is 0 Å². The van der Waals surface area contributed by atoms with Gasteiger partial charge in [0.05, 0.1) is 6.61 Å². The molecule has 1 atom stereocenters. The highest BCUT2D eigenvalue weighted by Crippen LogP contribution is 2.09. The fourth-order valence-corrected chi connectivity index (χ4v) is 0.898. The summed E-state index contributed by atoms with van der Waals surface area (Å²) in [6.45, 7) is 5.87. The molecule has 0 amide bonds. The minimum Gasteiger partial charge on any atom is -0.494 e. The molecule has 0 heterocycles. The van der Waals surface area contributed by atoms with Crippen LogP contribution in [0.4, 0.5) is 0 Å². The zero-order chi connectivity index (χ0) is 9.52. The van der Waals surface area contributed by atoms with Crippen LogP contribution in [0.15, 0.2) is 30.3 Å². The van der Waals surface area contributed by atoms with Gasteiger partial charge in [-0.1, -0.05) is 18.2 Å². The number of benzene rings is 1. The summed E-state index contributed by atoms with van der Waals surface area (Å²) in [5.41, 5.74) is 0. The van der Waals surface area contributed by atoms with Gasteiger partial charge in [-0.3, -0.25) is 0 Å². The highest BCUT2D eigenvalue weighted by Gasteiger charge is 1.99. The summed E-state index contributed by atoms with van der Waals surface area (Å²) in [6.07, 6.45) is 1.28. The first kappa shape index (κ1) is 9.78. The van der Waals surface area contributed by atoms with Crippen molar-refractivity contribution >= 4 is 6.29 Å². The Kier molecular flexibility index (Phi) is 4.03. The SMILES string of the molecule is [CH][C@H](C=O)CCOc1ccccc1. The average molecular weight is 176 g/mol. The van der Waals surface area contributed by atoms with Gasteiger partial charge in [0, 0.05) is 5.92 Å². The predicted molar refractivity (Wildman–Crippen MR) is 50.4 cm³/mol. The second-order valence-corrected chi connectivity index (χ2v) is 2.75. The lowest BCUT2D eigenvalue weighted by Gasteiger charge is -2.06. The highest BCUT2D eigenvalue weighted by molar-refractivity contribution is 5.54. The average Bonchev–Trinajstić information content (AvgIpc) is 2.19. The van der Waals surface area contributed by atoms with Crippen LogP contribution in [0.1, 0.15) is 6.42 Å². The highest BCUT2D eigenvalue weighted by atomic mass is 16.5. The monoisotopic (exact) mass is 176 g/mol. The van der Waals surface area contributed by atoms with Gasteiger partial charge in [-0.2, -0.15) is 0 Å². The molecule has 0 aliphatic rings. The molecule has 2 radical (unpaired) electrons. The lowest BCUT2D eigenvalue weighted by molar-refractivity contribution is -0.110. The van der Waals surface area contributed by atoms with Crippen molar-refractivity contribution in [1.82, 2.24) is 0 Å². The minimum absolute atomic E-state index is 0.413. The van der Waals surface area contributed by atoms with E-state index in [9.17, 15) is 4.79 Å². The molecular weight excluding hydrogens is 164 g/mol. The van der Waals surface area contributed by atoms with Gasteiger partial charge < -0.3 is 9.53 Å². The standard InChI is InChI=1S/C11H12O2/c1-10(9-12)7-8-13-11-5-3-2-4-6-11/h1-6,9-10H,7-8H2/t10-/m0/s1. The van der Waals surface area contributed by atoms with E-state index in [2.05, 4.69) is 0 Å². The number of carbonyl (C=O) groups excluding carboxylic acids is 1. The van der Waals surface area contributed by atoms with E-state index in [1.165, 1.54) is 0 Å². The Morgan fingerprint density at radius 2 is 2.08 bits per heavy atom. The zero-order valence-corrected chi connectivity index (χ0v) is 7.35. The van der Waals surface area contributed by atoms with Crippen LogP contribution in [-0.2, 0) is 4.79 Å². The van der Waals surface area contributed by atoms with E-state index in [0.717, 1.165) is 12.0 Å². The minimum atomic E-state index is -0.413. The molecule has 0 aliphatic heterocycles. The van der Waals surface area contributed by atoms with Gasteiger partial charge >= 0.3 is 0 Å². The molecule has 2 heteroatoms. The van der Waals surface area contributed by atoms with E-state index >= 15 is 0 Å². The Morgan fingerprint density at radius 1 is 1.38 bits per heavy atom. The summed E-state index contributed by atoms with van der Waals surface area (Å²) in [6, 6.07) is 9.45. The van der Waals surface area contributed by atoms with Crippen molar-refractivity contribution in [3.8, 4) is 5.75 Å². The fourth-order valence-electron chi connectivity index (χ4n) is 0.898. The van der Waals surface area contributed by atoms with E-state index < -0.39 is 5.92 Å². The van der Waals surface area contributed by atoms with Gasteiger partial charge in [0.25, 0.3) is 0 Å². The smallest absolute Gasteiger partial charge is 0.123 e.